The van der Waals surface area contributed by atoms with E-state index in [-0.39, 0.29) is 11.0 Å². The van der Waals surface area contributed by atoms with Gasteiger partial charge in [-0.1, -0.05) is 15.9 Å². The molecule has 0 fully saturated rings. The standard InChI is InChI=1S/C14H11BrN4O3/c1-17-11-10(12(20)18(2)14(17)22)13(21)19(7-16-11)9-5-3-8(15)4-6-9/h3-7H,1-2H3. The molecule has 1 aromatic carbocycles. The third kappa shape index (κ3) is 2.03. The first-order valence-corrected chi connectivity index (χ1v) is 7.14. The summed E-state index contributed by atoms with van der Waals surface area (Å²) in [6.07, 6.45) is 1.31. The lowest BCUT2D eigenvalue weighted by Crippen LogP contribution is -2.40. The Balaban J connectivity index is 2.45. The molecule has 0 saturated carbocycles. The Labute approximate surface area is 132 Å². The molecule has 0 radical (unpaired) electrons. The van der Waals surface area contributed by atoms with Crippen LogP contribution in [0.5, 0.6) is 0 Å². The van der Waals surface area contributed by atoms with Crippen molar-refractivity contribution in [1.82, 2.24) is 18.7 Å². The monoisotopic (exact) mass is 362 g/mol. The fraction of sp³-hybridized carbons (Fsp3) is 0.143. The summed E-state index contributed by atoms with van der Waals surface area (Å²) in [6.45, 7) is 0. The van der Waals surface area contributed by atoms with E-state index in [1.807, 2.05) is 0 Å². The maximum absolute atomic E-state index is 12.6. The molecule has 0 N–H and O–H groups in total. The average Bonchev–Trinajstić information content (AvgIpc) is 2.51. The van der Waals surface area contributed by atoms with Crippen molar-refractivity contribution in [3.8, 4) is 5.69 Å². The Morgan fingerprint density at radius 3 is 2.23 bits per heavy atom. The molecule has 8 heteroatoms. The van der Waals surface area contributed by atoms with Gasteiger partial charge in [0.2, 0.25) is 0 Å². The van der Waals surface area contributed by atoms with E-state index in [2.05, 4.69) is 20.9 Å². The van der Waals surface area contributed by atoms with Crippen molar-refractivity contribution in [2.24, 2.45) is 14.1 Å². The summed E-state index contributed by atoms with van der Waals surface area (Å²) < 4.78 is 4.23. The fourth-order valence-corrected chi connectivity index (χ4v) is 2.51. The summed E-state index contributed by atoms with van der Waals surface area (Å²) >= 11 is 3.32. The van der Waals surface area contributed by atoms with Gasteiger partial charge >= 0.3 is 5.69 Å². The first-order chi connectivity index (χ1) is 10.4. The molecule has 2 aromatic heterocycles. The molecule has 7 nitrogen and oxygen atoms in total. The molecule has 112 valence electrons. The van der Waals surface area contributed by atoms with Crippen LogP contribution < -0.4 is 16.8 Å². The second-order valence-electron chi connectivity index (χ2n) is 4.80. The number of aryl methyl sites for hydroxylation is 1. The van der Waals surface area contributed by atoms with Crippen LogP contribution in [0.3, 0.4) is 0 Å². The zero-order chi connectivity index (χ0) is 16.0. The van der Waals surface area contributed by atoms with Crippen LogP contribution in [0.1, 0.15) is 0 Å². The highest BCUT2D eigenvalue weighted by atomic mass is 79.9. The Morgan fingerprint density at radius 2 is 1.59 bits per heavy atom. The maximum Gasteiger partial charge on any atom is 0.332 e. The lowest BCUT2D eigenvalue weighted by molar-refractivity contribution is 0.702. The van der Waals surface area contributed by atoms with Gasteiger partial charge in [0.05, 0.1) is 5.69 Å². The molecule has 0 bridgehead atoms. The predicted octanol–water partition coefficient (Wildman–Crippen LogP) is 0.546. The first-order valence-electron chi connectivity index (χ1n) is 6.35. The van der Waals surface area contributed by atoms with E-state index in [4.69, 9.17) is 0 Å². The van der Waals surface area contributed by atoms with Crippen molar-refractivity contribution in [1.29, 1.82) is 0 Å². The smallest absolute Gasteiger partial charge is 0.280 e. The van der Waals surface area contributed by atoms with E-state index in [1.54, 1.807) is 24.3 Å². The van der Waals surface area contributed by atoms with Crippen molar-refractivity contribution in [3.63, 3.8) is 0 Å². The highest BCUT2D eigenvalue weighted by Gasteiger charge is 2.15. The van der Waals surface area contributed by atoms with Gasteiger partial charge in [-0.15, -0.1) is 0 Å². The van der Waals surface area contributed by atoms with E-state index >= 15 is 0 Å². The fourth-order valence-electron chi connectivity index (χ4n) is 2.24. The van der Waals surface area contributed by atoms with Gasteiger partial charge in [0.15, 0.2) is 5.65 Å². The number of benzene rings is 1. The minimum Gasteiger partial charge on any atom is -0.280 e. The molecule has 0 unspecified atom stereocenters. The van der Waals surface area contributed by atoms with E-state index in [0.717, 1.165) is 9.04 Å². The topological polar surface area (TPSA) is 78.9 Å². The van der Waals surface area contributed by atoms with Crippen LogP contribution in [0, 0.1) is 0 Å². The van der Waals surface area contributed by atoms with Crippen LogP contribution >= 0.6 is 15.9 Å². The SMILES string of the molecule is Cn1c(=O)c2c(=O)n(-c3ccc(Br)cc3)cnc2n(C)c1=O. The molecule has 0 amide bonds. The summed E-state index contributed by atoms with van der Waals surface area (Å²) in [6, 6.07) is 7.02. The number of aromatic nitrogens is 4. The normalized spacial score (nSPS) is 11.0. The summed E-state index contributed by atoms with van der Waals surface area (Å²) in [5.74, 6) is 0. The lowest BCUT2D eigenvalue weighted by atomic mass is 10.3. The number of nitrogens with zero attached hydrogens (tertiary/aromatic N) is 4. The minimum absolute atomic E-state index is 0.0754. The van der Waals surface area contributed by atoms with E-state index in [1.165, 1.54) is 29.6 Å². The molecule has 3 rings (SSSR count). The molecule has 0 aliphatic rings. The maximum atomic E-state index is 12.6. The molecule has 22 heavy (non-hydrogen) atoms. The van der Waals surface area contributed by atoms with Crippen LogP contribution in [-0.4, -0.2) is 18.7 Å². The summed E-state index contributed by atoms with van der Waals surface area (Å²) in [5.41, 5.74) is -1.03. The summed E-state index contributed by atoms with van der Waals surface area (Å²) in [7, 11) is 2.81. The largest absolute Gasteiger partial charge is 0.332 e. The molecule has 0 spiro atoms. The number of hydrogen-bond donors (Lipinski definition) is 0. The molecule has 0 atom stereocenters. The second kappa shape index (κ2) is 5.06. The van der Waals surface area contributed by atoms with Crippen LogP contribution in [0.25, 0.3) is 16.7 Å². The van der Waals surface area contributed by atoms with Crippen molar-refractivity contribution in [2.45, 2.75) is 0 Å². The summed E-state index contributed by atoms with van der Waals surface area (Å²) in [5, 5.41) is -0.116. The Hall–Kier alpha value is -2.48. The highest BCUT2D eigenvalue weighted by molar-refractivity contribution is 9.10. The van der Waals surface area contributed by atoms with E-state index in [9.17, 15) is 14.4 Å². The van der Waals surface area contributed by atoms with Crippen LogP contribution in [0.15, 0.2) is 49.4 Å². The first kappa shape index (κ1) is 14.5. The zero-order valence-corrected chi connectivity index (χ0v) is 13.4. The van der Waals surface area contributed by atoms with Gasteiger partial charge in [0.25, 0.3) is 11.1 Å². The molecule has 0 saturated heterocycles. The second-order valence-corrected chi connectivity index (χ2v) is 5.72. The van der Waals surface area contributed by atoms with Gasteiger partial charge in [-0.05, 0) is 24.3 Å². The van der Waals surface area contributed by atoms with Crippen LogP contribution in [0.4, 0.5) is 0 Å². The molecule has 0 aliphatic heterocycles. The third-order valence-electron chi connectivity index (χ3n) is 3.47. The number of rotatable bonds is 1. The van der Waals surface area contributed by atoms with Gasteiger partial charge in [0.1, 0.15) is 11.7 Å². The van der Waals surface area contributed by atoms with Gasteiger partial charge < -0.3 is 0 Å². The molecule has 2 heterocycles. The van der Waals surface area contributed by atoms with Gasteiger partial charge in [-0.25, -0.2) is 9.78 Å². The predicted molar refractivity (Wildman–Crippen MR) is 85.5 cm³/mol. The molecular weight excluding hydrogens is 352 g/mol. The third-order valence-corrected chi connectivity index (χ3v) is 4.00. The van der Waals surface area contributed by atoms with Gasteiger partial charge in [-0.2, -0.15) is 0 Å². The van der Waals surface area contributed by atoms with Gasteiger partial charge in [-0.3, -0.25) is 23.3 Å². The van der Waals surface area contributed by atoms with Crippen molar-refractivity contribution >= 4 is 27.0 Å². The number of fused-ring (bicyclic) bond motifs is 1. The quantitative estimate of drug-likeness (QED) is 0.633. The Bertz CT molecular complexity index is 1060. The Kier molecular flexibility index (Phi) is 3.32. The van der Waals surface area contributed by atoms with E-state index < -0.39 is 16.8 Å². The highest BCUT2D eigenvalue weighted by Crippen LogP contribution is 2.12. The number of halogens is 1. The van der Waals surface area contributed by atoms with Crippen molar-refractivity contribution in [3.05, 3.63) is 66.3 Å². The summed E-state index contributed by atoms with van der Waals surface area (Å²) in [4.78, 5) is 40.9. The minimum atomic E-state index is -0.651. The Morgan fingerprint density at radius 1 is 0.955 bits per heavy atom. The van der Waals surface area contributed by atoms with Crippen molar-refractivity contribution < 1.29 is 0 Å². The molecular formula is C14H11BrN4O3. The lowest BCUT2D eigenvalue weighted by Gasteiger charge is -2.09. The van der Waals surface area contributed by atoms with Gasteiger partial charge in [0, 0.05) is 18.6 Å². The number of hydrogen-bond acceptors (Lipinski definition) is 4. The van der Waals surface area contributed by atoms with Crippen LogP contribution in [0.2, 0.25) is 0 Å². The average molecular weight is 363 g/mol. The molecule has 0 aliphatic carbocycles. The van der Waals surface area contributed by atoms with Crippen LogP contribution in [-0.2, 0) is 14.1 Å². The molecule has 3 aromatic rings. The van der Waals surface area contributed by atoms with E-state index in [0.29, 0.717) is 5.69 Å². The van der Waals surface area contributed by atoms with Crippen molar-refractivity contribution in [2.75, 3.05) is 0 Å². The zero-order valence-electron chi connectivity index (χ0n) is 11.8.